The fourth-order valence-corrected chi connectivity index (χ4v) is 6.71. The van der Waals surface area contributed by atoms with Crippen LogP contribution in [0.25, 0.3) is 11.1 Å². The number of hydrogen-bond acceptors (Lipinski definition) is 7. The molecule has 1 fully saturated rings. The number of sulfone groups is 1. The number of benzene rings is 3. The van der Waals surface area contributed by atoms with Gasteiger partial charge in [-0.25, -0.2) is 13.4 Å². The fraction of sp³-hybridized carbons (Fsp3) is 0.276. The van der Waals surface area contributed by atoms with Crippen LogP contribution in [-0.2, 0) is 25.8 Å². The van der Waals surface area contributed by atoms with Crippen molar-refractivity contribution in [3.63, 3.8) is 0 Å². The van der Waals surface area contributed by atoms with Gasteiger partial charge in [0, 0.05) is 13.5 Å². The molecule has 0 spiro atoms. The Morgan fingerprint density at radius 2 is 1.67 bits per heavy atom. The van der Waals surface area contributed by atoms with Gasteiger partial charge >= 0.3 is 0 Å². The summed E-state index contributed by atoms with van der Waals surface area (Å²) in [6.07, 6.45) is -1.09. The third-order valence-corrected chi connectivity index (χ3v) is 9.20. The van der Waals surface area contributed by atoms with Crippen LogP contribution in [0, 0.1) is 0 Å². The number of carbonyl (C=O) groups excluding carboxylic acids is 2. The number of fused-ring (bicyclic) bond motifs is 1. The summed E-state index contributed by atoms with van der Waals surface area (Å²) >= 11 is 0. The van der Waals surface area contributed by atoms with Crippen LogP contribution in [-0.4, -0.2) is 59.1 Å². The zero-order valence-corrected chi connectivity index (χ0v) is 22.1. The van der Waals surface area contributed by atoms with Crippen LogP contribution in [0.2, 0.25) is 0 Å². The zero-order chi connectivity index (χ0) is 27.6. The van der Waals surface area contributed by atoms with E-state index in [4.69, 9.17) is 4.42 Å². The molecule has 10 heteroatoms. The summed E-state index contributed by atoms with van der Waals surface area (Å²) in [4.78, 5) is 31.9. The molecule has 2 heterocycles. The van der Waals surface area contributed by atoms with Gasteiger partial charge in [0.25, 0.3) is 0 Å². The molecule has 1 aromatic heterocycles. The topological polar surface area (TPSA) is 130 Å². The molecule has 0 bridgehead atoms. The Balaban J connectivity index is 1.41. The number of carbonyl (C=O) groups is 2. The van der Waals surface area contributed by atoms with Gasteiger partial charge in [-0.15, -0.1) is 0 Å². The molecule has 9 nitrogen and oxygen atoms in total. The van der Waals surface area contributed by atoms with Gasteiger partial charge in [0.15, 0.2) is 21.5 Å². The van der Waals surface area contributed by atoms with E-state index in [0.717, 1.165) is 5.56 Å². The number of aliphatic hydroxyl groups excluding tert-OH is 1. The molecule has 2 unspecified atom stereocenters. The number of likely N-dealkylation sites (tertiary alicyclic amines) is 1. The largest absolute Gasteiger partial charge is 0.438 e. The molecule has 0 aliphatic carbocycles. The highest BCUT2D eigenvalue weighted by molar-refractivity contribution is 7.92. The van der Waals surface area contributed by atoms with Gasteiger partial charge < -0.3 is 19.7 Å². The van der Waals surface area contributed by atoms with Gasteiger partial charge in [-0.3, -0.25) is 9.59 Å². The van der Waals surface area contributed by atoms with Crippen molar-refractivity contribution in [3.05, 3.63) is 96.4 Å². The average Bonchev–Trinajstić information content (AvgIpc) is 3.59. The fourth-order valence-electron chi connectivity index (χ4n) is 5.00. The molecule has 4 aromatic rings. The predicted molar refractivity (Wildman–Crippen MR) is 144 cm³/mol. The maximum absolute atomic E-state index is 13.6. The average molecular weight is 548 g/mol. The van der Waals surface area contributed by atoms with Crippen LogP contribution in [0.1, 0.15) is 30.9 Å². The first kappa shape index (κ1) is 26.6. The molecule has 4 atom stereocenters. The quantitative estimate of drug-likeness (QED) is 0.347. The van der Waals surface area contributed by atoms with E-state index in [0.29, 0.717) is 11.1 Å². The number of oxazole rings is 1. The first-order valence-electron chi connectivity index (χ1n) is 12.7. The third-order valence-electron chi connectivity index (χ3n) is 7.05. The summed E-state index contributed by atoms with van der Waals surface area (Å²) in [5.74, 6) is -0.899. The van der Waals surface area contributed by atoms with E-state index >= 15 is 0 Å². The van der Waals surface area contributed by atoms with Crippen LogP contribution in [0.3, 0.4) is 0 Å². The molecule has 1 saturated heterocycles. The van der Waals surface area contributed by atoms with Crippen LogP contribution in [0.5, 0.6) is 0 Å². The van der Waals surface area contributed by atoms with Crippen LogP contribution in [0.4, 0.5) is 0 Å². The number of amides is 2. The Labute approximate surface area is 226 Å². The zero-order valence-electron chi connectivity index (χ0n) is 21.3. The summed E-state index contributed by atoms with van der Waals surface area (Å²) in [7, 11) is -3.77. The highest BCUT2D eigenvalue weighted by Gasteiger charge is 2.45. The van der Waals surface area contributed by atoms with Crippen molar-refractivity contribution >= 4 is 32.8 Å². The summed E-state index contributed by atoms with van der Waals surface area (Å²) in [6, 6.07) is 22.6. The van der Waals surface area contributed by atoms with Crippen molar-refractivity contribution in [2.45, 2.75) is 48.1 Å². The van der Waals surface area contributed by atoms with Gasteiger partial charge in [-0.2, -0.15) is 0 Å². The van der Waals surface area contributed by atoms with Crippen molar-refractivity contribution < 1.29 is 27.5 Å². The number of nitrogens with zero attached hydrogens (tertiary/aromatic N) is 2. The van der Waals surface area contributed by atoms with Gasteiger partial charge in [0.2, 0.25) is 17.7 Å². The Morgan fingerprint density at radius 3 is 2.33 bits per heavy atom. The first-order valence-corrected chi connectivity index (χ1v) is 14.2. The van der Waals surface area contributed by atoms with E-state index < -0.39 is 45.1 Å². The molecule has 2 N–H and O–H groups in total. The normalized spacial score (nSPS) is 19.1. The summed E-state index contributed by atoms with van der Waals surface area (Å²) in [5, 5.41) is 13.2. The molecule has 5 rings (SSSR count). The standard InChI is InChI=1S/C29H29N3O6S/c1-19(33)32-18-22(39(36,37)21-12-6-3-7-13-21)17-25(32)28(35)30-24(16-20-10-4-2-5-11-20)27(34)29-31-23-14-8-9-15-26(23)38-29/h2-15,22,24-25,27,34H,16-18H2,1H3,(H,30,35)/t22-,24?,25+,27?/m1/s1. The van der Waals surface area contributed by atoms with Gasteiger partial charge in [0.1, 0.15) is 11.6 Å². The predicted octanol–water partition coefficient (Wildman–Crippen LogP) is 3.05. The van der Waals surface area contributed by atoms with Crippen LogP contribution >= 0.6 is 0 Å². The molecule has 0 saturated carbocycles. The molecule has 0 radical (unpaired) electrons. The lowest BCUT2D eigenvalue weighted by atomic mass is 10.00. The Kier molecular flexibility index (Phi) is 7.49. The number of hydrogen-bond donors (Lipinski definition) is 2. The van der Waals surface area contributed by atoms with Crippen molar-refractivity contribution in [2.24, 2.45) is 0 Å². The number of rotatable bonds is 8. The van der Waals surface area contributed by atoms with E-state index in [1.807, 2.05) is 30.3 Å². The summed E-state index contributed by atoms with van der Waals surface area (Å²) < 4.78 is 32.3. The molecule has 3 aromatic carbocycles. The van der Waals surface area contributed by atoms with Crippen molar-refractivity contribution in [2.75, 3.05) is 6.54 Å². The van der Waals surface area contributed by atoms with Gasteiger partial charge in [0.05, 0.1) is 16.2 Å². The maximum atomic E-state index is 13.6. The molecule has 2 amide bonds. The number of aliphatic hydroxyl groups is 1. The minimum Gasteiger partial charge on any atom is -0.438 e. The Morgan fingerprint density at radius 1 is 1.03 bits per heavy atom. The van der Waals surface area contributed by atoms with Crippen LogP contribution < -0.4 is 5.32 Å². The molecular formula is C29H29N3O6S. The lowest BCUT2D eigenvalue weighted by Crippen LogP contribution is -2.50. The molecule has 1 aliphatic heterocycles. The second kappa shape index (κ2) is 11.0. The monoisotopic (exact) mass is 547 g/mol. The minimum atomic E-state index is -3.77. The van der Waals surface area contributed by atoms with Crippen molar-refractivity contribution in [1.29, 1.82) is 0 Å². The van der Waals surface area contributed by atoms with E-state index in [1.165, 1.54) is 24.0 Å². The Hall–Kier alpha value is -4.02. The SMILES string of the molecule is CC(=O)N1C[C@H](S(=O)(=O)c2ccccc2)C[C@H]1C(=O)NC(Cc1ccccc1)C(O)c1nc2ccccc2o1. The van der Waals surface area contributed by atoms with Gasteiger partial charge in [-0.05, 0) is 42.7 Å². The lowest BCUT2D eigenvalue weighted by molar-refractivity contribution is -0.137. The van der Waals surface area contributed by atoms with E-state index in [2.05, 4.69) is 10.3 Å². The van der Waals surface area contributed by atoms with E-state index in [9.17, 15) is 23.1 Å². The van der Waals surface area contributed by atoms with Crippen molar-refractivity contribution in [3.8, 4) is 0 Å². The molecule has 39 heavy (non-hydrogen) atoms. The minimum absolute atomic E-state index is 0.0526. The second-order valence-electron chi connectivity index (χ2n) is 9.67. The molecule has 1 aliphatic rings. The number of para-hydroxylation sites is 2. The summed E-state index contributed by atoms with van der Waals surface area (Å²) in [6.45, 7) is 1.22. The van der Waals surface area contributed by atoms with Gasteiger partial charge in [-0.1, -0.05) is 60.7 Å². The first-order chi connectivity index (χ1) is 18.7. The highest BCUT2D eigenvalue weighted by Crippen LogP contribution is 2.29. The third kappa shape index (κ3) is 5.57. The summed E-state index contributed by atoms with van der Waals surface area (Å²) in [5.41, 5.74) is 1.94. The molecule has 202 valence electrons. The smallest absolute Gasteiger partial charge is 0.243 e. The Bertz CT molecular complexity index is 1540. The van der Waals surface area contributed by atoms with E-state index in [1.54, 1.807) is 42.5 Å². The van der Waals surface area contributed by atoms with E-state index in [-0.39, 0.29) is 30.2 Å². The maximum Gasteiger partial charge on any atom is 0.243 e. The molecular weight excluding hydrogens is 518 g/mol. The highest BCUT2D eigenvalue weighted by atomic mass is 32.2. The van der Waals surface area contributed by atoms with Crippen LogP contribution in [0.15, 0.2) is 94.2 Å². The second-order valence-corrected chi connectivity index (χ2v) is 11.9. The number of nitrogens with one attached hydrogen (secondary N) is 1. The number of aromatic nitrogens is 1. The van der Waals surface area contributed by atoms with Crippen molar-refractivity contribution in [1.82, 2.24) is 15.2 Å². The lowest BCUT2D eigenvalue weighted by Gasteiger charge is -2.27.